The molecule has 160 valence electrons. The number of ether oxygens (including phenoxy) is 1. The van der Waals surface area contributed by atoms with E-state index in [2.05, 4.69) is 6.92 Å². The van der Waals surface area contributed by atoms with Gasteiger partial charge in [-0.25, -0.2) is 0 Å². The van der Waals surface area contributed by atoms with Gasteiger partial charge in [-0.2, -0.15) is 5.26 Å². The number of hydrogen-bond acceptors (Lipinski definition) is 4. The van der Waals surface area contributed by atoms with Gasteiger partial charge >= 0.3 is 0 Å². The van der Waals surface area contributed by atoms with E-state index in [1.54, 1.807) is 13.0 Å². The van der Waals surface area contributed by atoms with Crippen molar-refractivity contribution in [3.8, 4) is 11.8 Å². The third-order valence-electron chi connectivity index (χ3n) is 5.27. The molecule has 0 radical (unpaired) electrons. The number of nitrogens with zero attached hydrogens (tertiary/aromatic N) is 2. The molecule has 0 fully saturated rings. The summed E-state index contributed by atoms with van der Waals surface area (Å²) in [5.74, 6) is -0.0296. The summed E-state index contributed by atoms with van der Waals surface area (Å²) >= 11 is 0. The molecular formula is C25H32N2O3. The highest BCUT2D eigenvalue weighted by Gasteiger charge is 2.34. The molecule has 1 aromatic carbocycles. The van der Waals surface area contributed by atoms with Gasteiger partial charge in [-0.05, 0) is 49.1 Å². The SMILES string of the molecule is CCCCCCCOc1ccc(/C=C2/C(=O)N(CCCC)C(=O)C(C#N)=C2C)cc1. The van der Waals surface area contributed by atoms with Crippen molar-refractivity contribution in [3.63, 3.8) is 0 Å². The molecule has 1 aliphatic heterocycles. The molecule has 2 amide bonds. The third-order valence-corrected chi connectivity index (χ3v) is 5.27. The highest BCUT2D eigenvalue weighted by molar-refractivity contribution is 6.19. The second kappa shape index (κ2) is 12.0. The number of imide groups is 1. The Hall–Kier alpha value is -2.87. The Morgan fingerprint density at radius 2 is 1.63 bits per heavy atom. The van der Waals surface area contributed by atoms with E-state index in [1.165, 1.54) is 30.6 Å². The van der Waals surface area contributed by atoms with Crippen molar-refractivity contribution in [1.82, 2.24) is 4.90 Å². The Morgan fingerprint density at radius 1 is 0.967 bits per heavy atom. The van der Waals surface area contributed by atoms with Crippen LogP contribution in [0.4, 0.5) is 0 Å². The average Bonchev–Trinajstić information content (AvgIpc) is 2.75. The molecule has 0 aliphatic carbocycles. The number of benzene rings is 1. The quantitative estimate of drug-likeness (QED) is 0.278. The Labute approximate surface area is 180 Å². The summed E-state index contributed by atoms with van der Waals surface area (Å²) in [6.45, 7) is 6.89. The van der Waals surface area contributed by atoms with Crippen LogP contribution >= 0.6 is 0 Å². The molecule has 30 heavy (non-hydrogen) atoms. The Kier molecular flexibility index (Phi) is 9.34. The summed E-state index contributed by atoms with van der Waals surface area (Å²) < 4.78 is 5.79. The monoisotopic (exact) mass is 408 g/mol. The maximum absolute atomic E-state index is 12.9. The van der Waals surface area contributed by atoms with Crippen LogP contribution in [0, 0.1) is 11.3 Å². The van der Waals surface area contributed by atoms with Crippen LogP contribution in [0.5, 0.6) is 5.75 Å². The van der Waals surface area contributed by atoms with Gasteiger partial charge in [-0.3, -0.25) is 14.5 Å². The summed E-state index contributed by atoms with van der Waals surface area (Å²) in [6, 6.07) is 9.52. The van der Waals surface area contributed by atoms with Crippen LogP contribution in [-0.2, 0) is 9.59 Å². The topological polar surface area (TPSA) is 70.4 Å². The molecule has 2 rings (SSSR count). The average molecular weight is 409 g/mol. The predicted octanol–water partition coefficient (Wildman–Crippen LogP) is 5.43. The van der Waals surface area contributed by atoms with Gasteiger partial charge in [0.2, 0.25) is 0 Å². The number of nitriles is 1. The first kappa shape index (κ1) is 23.4. The molecule has 0 saturated heterocycles. The molecule has 1 heterocycles. The van der Waals surface area contributed by atoms with E-state index in [-0.39, 0.29) is 11.5 Å². The maximum atomic E-state index is 12.9. The van der Waals surface area contributed by atoms with Crippen LogP contribution in [0.1, 0.15) is 71.3 Å². The number of rotatable bonds is 11. The summed E-state index contributed by atoms with van der Waals surface area (Å²) in [7, 11) is 0. The molecule has 1 aliphatic rings. The third kappa shape index (κ3) is 6.06. The molecule has 5 heteroatoms. The number of carbonyl (C=O) groups is 2. The van der Waals surface area contributed by atoms with Gasteiger partial charge in [0.15, 0.2) is 0 Å². The molecule has 0 spiro atoms. The van der Waals surface area contributed by atoms with E-state index in [0.29, 0.717) is 30.7 Å². The fraction of sp³-hybridized carbons (Fsp3) is 0.480. The zero-order valence-corrected chi connectivity index (χ0v) is 18.4. The minimum Gasteiger partial charge on any atom is -0.494 e. The molecule has 0 unspecified atom stereocenters. The van der Waals surface area contributed by atoms with Crippen LogP contribution in [0.2, 0.25) is 0 Å². The lowest BCUT2D eigenvalue weighted by molar-refractivity contribution is -0.140. The van der Waals surface area contributed by atoms with Crippen LogP contribution in [0.25, 0.3) is 6.08 Å². The van der Waals surface area contributed by atoms with E-state index in [0.717, 1.165) is 24.2 Å². The normalized spacial score (nSPS) is 15.7. The summed E-state index contributed by atoms with van der Waals surface area (Å²) in [5, 5.41) is 9.42. The van der Waals surface area contributed by atoms with Crippen molar-refractivity contribution in [2.45, 2.75) is 65.7 Å². The van der Waals surface area contributed by atoms with E-state index < -0.39 is 5.91 Å². The fourth-order valence-electron chi connectivity index (χ4n) is 3.37. The summed E-state index contributed by atoms with van der Waals surface area (Å²) in [5.41, 5.74) is 1.70. The van der Waals surface area contributed by atoms with Gasteiger partial charge in [0, 0.05) is 12.1 Å². The van der Waals surface area contributed by atoms with E-state index in [9.17, 15) is 14.9 Å². The minimum absolute atomic E-state index is 0.0416. The lowest BCUT2D eigenvalue weighted by Crippen LogP contribution is -2.43. The molecule has 0 saturated carbocycles. The molecule has 0 aromatic heterocycles. The van der Waals surface area contributed by atoms with E-state index >= 15 is 0 Å². The smallest absolute Gasteiger partial charge is 0.271 e. The zero-order valence-electron chi connectivity index (χ0n) is 18.4. The highest BCUT2D eigenvalue weighted by atomic mass is 16.5. The van der Waals surface area contributed by atoms with Gasteiger partial charge in [-0.15, -0.1) is 0 Å². The van der Waals surface area contributed by atoms with Crippen LogP contribution in [0.3, 0.4) is 0 Å². The molecule has 1 aromatic rings. The molecular weight excluding hydrogens is 376 g/mol. The fourth-order valence-corrected chi connectivity index (χ4v) is 3.37. The van der Waals surface area contributed by atoms with Gasteiger partial charge in [-0.1, -0.05) is 58.1 Å². The number of hydrogen-bond donors (Lipinski definition) is 0. The van der Waals surface area contributed by atoms with Crippen molar-refractivity contribution < 1.29 is 14.3 Å². The molecule has 0 N–H and O–H groups in total. The lowest BCUT2D eigenvalue weighted by Gasteiger charge is -2.27. The van der Waals surface area contributed by atoms with Gasteiger partial charge in [0.1, 0.15) is 17.4 Å². The van der Waals surface area contributed by atoms with Crippen LogP contribution < -0.4 is 4.74 Å². The van der Waals surface area contributed by atoms with E-state index in [4.69, 9.17) is 4.74 Å². The number of carbonyl (C=O) groups excluding carboxylic acids is 2. The van der Waals surface area contributed by atoms with E-state index in [1.807, 2.05) is 37.3 Å². The van der Waals surface area contributed by atoms with Gasteiger partial charge in [0.05, 0.1) is 6.61 Å². The Morgan fingerprint density at radius 3 is 2.27 bits per heavy atom. The Balaban J connectivity index is 2.12. The Bertz CT molecular complexity index is 844. The lowest BCUT2D eigenvalue weighted by atomic mass is 9.93. The summed E-state index contributed by atoms with van der Waals surface area (Å²) in [6.07, 6.45) is 9.29. The molecule has 0 bridgehead atoms. The van der Waals surface area contributed by atoms with Gasteiger partial charge < -0.3 is 4.74 Å². The van der Waals surface area contributed by atoms with Crippen molar-refractivity contribution in [2.75, 3.05) is 13.2 Å². The van der Waals surface area contributed by atoms with Crippen molar-refractivity contribution in [2.24, 2.45) is 0 Å². The van der Waals surface area contributed by atoms with Gasteiger partial charge in [0.25, 0.3) is 11.8 Å². The number of unbranched alkanes of at least 4 members (excludes halogenated alkanes) is 5. The first-order valence-corrected chi connectivity index (χ1v) is 11.0. The second-order valence-corrected chi connectivity index (χ2v) is 7.62. The van der Waals surface area contributed by atoms with Crippen molar-refractivity contribution in [3.05, 3.63) is 46.5 Å². The summed E-state index contributed by atoms with van der Waals surface area (Å²) in [4.78, 5) is 26.6. The molecule has 0 atom stereocenters. The number of amides is 2. The second-order valence-electron chi connectivity index (χ2n) is 7.62. The minimum atomic E-state index is -0.492. The predicted molar refractivity (Wildman–Crippen MR) is 119 cm³/mol. The van der Waals surface area contributed by atoms with Crippen molar-refractivity contribution >= 4 is 17.9 Å². The standard InChI is InChI=1S/C25H32N2O3/c1-4-6-8-9-10-16-30-21-13-11-20(12-14-21)17-22-19(3)23(18-26)25(29)27(24(22)28)15-7-5-2/h11-14,17H,4-10,15-16H2,1-3H3/b22-17+. The van der Waals surface area contributed by atoms with Crippen molar-refractivity contribution in [1.29, 1.82) is 5.26 Å². The largest absolute Gasteiger partial charge is 0.494 e. The first-order chi connectivity index (χ1) is 14.5. The highest BCUT2D eigenvalue weighted by Crippen LogP contribution is 2.27. The molecule has 5 nitrogen and oxygen atoms in total. The maximum Gasteiger partial charge on any atom is 0.271 e. The van der Waals surface area contributed by atoms with Crippen LogP contribution in [0.15, 0.2) is 41.0 Å². The first-order valence-electron chi connectivity index (χ1n) is 11.0. The zero-order chi connectivity index (χ0) is 21.9. The van der Waals surface area contributed by atoms with Crippen LogP contribution in [-0.4, -0.2) is 29.9 Å².